The van der Waals surface area contributed by atoms with Gasteiger partial charge in [-0.1, -0.05) is 164 Å². The molecule has 13 rings (SSSR count). The molecule has 2 heteroatoms. The number of rotatable bonds is 5. The number of hydrogen-bond donors (Lipinski definition) is 0. The van der Waals surface area contributed by atoms with Gasteiger partial charge in [0.05, 0.1) is 0 Å². The van der Waals surface area contributed by atoms with Gasteiger partial charge in [-0.25, -0.2) is 0 Å². The number of fused-ring (bicyclic) bond motifs is 12. The molecule has 62 heavy (non-hydrogen) atoms. The standard InChI is InChI=1S/C60H36OS/c1-2-14-37(15-3-1)40-32-41(34-42(33-40)44-23-13-27-58-60(44)52-22-10-11-26-57(52)62-58)43-16-4-5-17-45(43)51-24-12-25-56-59(51)54-36-39(29-31-55(54)61-56)38-28-30-50-48-20-7-6-18-46(48)47-19-8-9-21-49(47)53(50)35-38/h1-36H. The van der Waals surface area contributed by atoms with Gasteiger partial charge in [0.2, 0.25) is 0 Å². The van der Waals surface area contributed by atoms with Gasteiger partial charge in [0.15, 0.2) is 0 Å². The lowest BCUT2D eigenvalue weighted by Gasteiger charge is -2.16. The zero-order valence-corrected chi connectivity index (χ0v) is 34.4. The van der Waals surface area contributed by atoms with Gasteiger partial charge in [-0.2, -0.15) is 0 Å². The van der Waals surface area contributed by atoms with E-state index in [-0.39, 0.29) is 0 Å². The van der Waals surface area contributed by atoms with E-state index >= 15 is 0 Å². The van der Waals surface area contributed by atoms with Gasteiger partial charge >= 0.3 is 0 Å². The van der Waals surface area contributed by atoms with Crippen LogP contribution in [0, 0.1) is 0 Å². The van der Waals surface area contributed by atoms with Crippen LogP contribution in [0.4, 0.5) is 0 Å². The number of benzene rings is 11. The summed E-state index contributed by atoms with van der Waals surface area (Å²) in [5.74, 6) is 0. The Hall–Kier alpha value is -7.78. The summed E-state index contributed by atoms with van der Waals surface area (Å²) in [6.07, 6.45) is 0. The van der Waals surface area contributed by atoms with Crippen molar-refractivity contribution in [2.24, 2.45) is 0 Å². The molecule has 0 radical (unpaired) electrons. The van der Waals surface area contributed by atoms with Gasteiger partial charge in [0, 0.05) is 30.9 Å². The van der Waals surface area contributed by atoms with Crippen molar-refractivity contribution >= 4 is 85.8 Å². The Labute approximate surface area is 362 Å². The summed E-state index contributed by atoms with van der Waals surface area (Å²) < 4.78 is 9.27. The van der Waals surface area contributed by atoms with Gasteiger partial charge in [-0.15, -0.1) is 11.3 Å². The summed E-state index contributed by atoms with van der Waals surface area (Å²) in [5, 5.41) is 12.5. The first-order valence-corrected chi connectivity index (χ1v) is 22.0. The minimum Gasteiger partial charge on any atom is -0.456 e. The zero-order chi connectivity index (χ0) is 40.7. The van der Waals surface area contributed by atoms with Crippen LogP contribution in [-0.4, -0.2) is 0 Å². The van der Waals surface area contributed by atoms with Gasteiger partial charge in [0.25, 0.3) is 0 Å². The maximum absolute atomic E-state index is 6.65. The van der Waals surface area contributed by atoms with E-state index < -0.39 is 0 Å². The molecule has 288 valence electrons. The first kappa shape index (κ1) is 35.0. The molecule has 13 aromatic rings. The topological polar surface area (TPSA) is 13.1 Å². The molecule has 0 saturated carbocycles. The van der Waals surface area contributed by atoms with E-state index in [0.717, 1.165) is 33.1 Å². The summed E-state index contributed by atoms with van der Waals surface area (Å²) in [6, 6.07) is 80.0. The molecule has 0 spiro atoms. The molecule has 0 bridgehead atoms. The number of thiophene rings is 1. The summed E-state index contributed by atoms with van der Waals surface area (Å²) in [4.78, 5) is 0. The van der Waals surface area contributed by atoms with E-state index in [9.17, 15) is 0 Å². The highest BCUT2D eigenvalue weighted by atomic mass is 32.1. The lowest BCUT2D eigenvalue weighted by atomic mass is 9.87. The van der Waals surface area contributed by atoms with Crippen molar-refractivity contribution in [2.45, 2.75) is 0 Å². The van der Waals surface area contributed by atoms with E-state index in [0.29, 0.717) is 0 Å². The molecule has 1 nitrogen and oxygen atoms in total. The van der Waals surface area contributed by atoms with Crippen LogP contribution < -0.4 is 0 Å². The number of hydrogen-bond acceptors (Lipinski definition) is 2. The average molecular weight is 805 g/mol. The highest BCUT2D eigenvalue weighted by Crippen LogP contribution is 2.46. The molecular weight excluding hydrogens is 769 g/mol. The van der Waals surface area contributed by atoms with Crippen LogP contribution in [-0.2, 0) is 0 Å². The van der Waals surface area contributed by atoms with Crippen molar-refractivity contribution in [3.05, 3.63) is 218 Å². The first-order valence-electron chi connectivity index (χ1n) is 21.2. The molecule has 0 unspecified atom stereocenters. The van der Waals surface area contributed by atoms with Crippen molar-refractivity contribution in [3.63, 3.8) is 0 Å². The maximum Gasteiger partial charge on any atom is 0.136 e. The summed E-state index contributed by atoms with van der Waals surface area (Å²) >= 11 is 1.87. The Morgan fingerprint density at radius 3 is 1.55 bits per heavy atom. The van der Waals surface area contributed by atoms with Gasteiger partial charge in [-0.05, 0) is 143 Å². The lowest BCUT2D eigenvalue weighted by Crippen LogP contribution is -1.90. The van der Waals surface area contributed by atoms with Crippen LogP contribution in [0.3, 0.4) is 0 Å². The molecule has 11 aromatic carbocycles. The zero-order valence-electron chi connectivity index (χ0n) is 33.6. The number of furan rings is 1. The largest absolute Gasteiger partial charge is 0.456 e. The smallest absolute Gasteiger partial charge is 0.136 e. The van der Waals surface area contributed by atoms with Crippen LogP contribution in [0.1, 0.15) is 0 Å². The Balaban J connectivity index is 1.00. The van der Waals surface area contributed by atoms with E-state index in [2.05, 4.69) is 218 Å². The molecule has 0 aliphatic rings. The molecule has 0 amide bonds. The van der Waals surface area contributed by atoms with E-state index in [4.69, 9.17) is 4.42 Å². The van der Waals surface area contributed by atoms with Crippen LogP contribution in [0.5, 0.6) is 0 Å². The molecule has 0 N–H and O–H groups in total. The fraction of sp³-hybridized carbons (Fsp3) is 0. The van der Waals surface area contributed by atoms with Crippen molar-refractivity contribution < 1.29 is 4.42 Å². The second-order valence-corrected chi connectivity index (χ2v) is 17.4. The molecular formula is C60H36OS. The summed E-state index contributed by atoms with van der Waals surface area (Å²) in [5.41, 5.74) is 13.6. The predicted octanol–water partition coefficient (Wildman–Crippen LogP) is 17.7. The quantitative estimate of drug-likeness (QED) is 0.158. The first-order chi connectivity index (χ1) is 30.7. The third-order valence-electron chi connectivity index (χ3n) is 12.9. The normalized spacial score (nSPS) is 11.9. The van der Waals surface area contributed by atoms with E-state index in [1.54, 1.807) is 0 Å². The minimum absolute atomic E-state index is 0.884. The van der Waals surface area contributed by atoms with Crippen LogP contribution in [0.25, 0.3) is 130 Å². The van der Waals surface area contributed by atoms with Gasteiger partial charge < -0.3 is 4.42 Å². The van der Waals surface area contributed by atoms with Crippen molar-refractivity contribution in [2.75, 3.05) is 0 Å². The molecule has 2 heterocycles. The third kappa shape index (κ3) is 5.47. The van der Waals surface area contributed by atoms with E-state index in [1.165, 1.54) is 97.0 Å². The Morgan fingerprint density at radius 1 is 0.242 bits per heavy atom. The fourth-order valence-corrected chi connectivity index (χ4v) is 11.2. The van der Waals surface area contributed by atoms with Crippen molar-refractivity contribution in [1.82, 2.24) is 0 Å². The Kier molecular flexibility index (Phi) is 7.85. The average Bonchev–Trinajstić information content (AvgIpc) is 3.92. The maximum atomic E-state index is 6.65. The molecule has 2 aromatic heterocycles. The second-order valence-electron chi connectivity index (χ2n) is 16.3. The SMILES string of the molecule is c1ccc(-c2cc(-c3ccccc3-c3cccc4oc5ccc(-c6ccc7c8ccccc8c8ccccc8c7c6)cc5c34)cc(-c3cccc4sc5ccccc5c34)c2)cc1. The van der Waals surface area contributed by atoms with Crippen molar-refractivity contribution in [1.29, 1.82) is 0 Å². The fourth-order valence-electron chi connectivity index (χ4n) is 10.0. The summed E-state index contributed by atoms with van der Waals surface area (Å²) in [7, 11) is 0. The Bertz CT molecular complexity index is 3890. The van der Waals surface area contributed by atoms with Crippen LogP contribution in [0.15, 0.2) is 223 Å². The van der Waals surface area contributed by atoms with Crippen LogP contribution >= 0.6 is 11.3 Å². The molecule has 0 aliphatic carbocycles. The van der Waals surface area contributed by atoms with E-state index in [1.807, 2.05) is 11.3 Å². The van der Waals surface area contributed by atoms with Gasteiger partial charge in [-0.3, -0.25) is 0 Å². The molecule has 0 atom stereocenters. The summed E-state index contributed by atoms with van der Waals surface area (Å²) in [6.45, 7) is 0. The monoisotopic (exact) mass is 804 g/mol. The molecule has 0 aliphatic heterocycles. The Morgan fingerprint density at radius 2 is 0.774 bits per heavy atom. The molecule has 0 saturated heterocycles. The third-order valence-corrected chi connectivity index (χ3v) is 14.0. The second kappa shape index (κ2) is 13.9. The highest BCUT2D eigenvalue weighted by Gasteiger charge is 2.19. The molecule has 0 fully saturated rings. The lowest BCUT2D eigenvalue weighted by molar-refractivity contribution is 0.669. The van der Waals surface area contributed by atoms with Gasteiger partial charge in [0.1, 0.15) is 11.2 Å². The van der Waals surface area contributed by atoms with Crippen LogP contribution in [0.2, 0.25) is 0 Å². The van der Waals surface area contributed by atoms with Crippen molar-refractivity contribution in [3.8, 4) is 55.6 Å². The predicted molar refractivity (Wildman–Crippen MR) is 266 cm³/mol. The minimum atomic E-state index is 0.884. The highest BCUT2D eigenvalue weighted by molar-refractivity contribution is 7.25.